The van der Waals surface area contributed by atoms with Crippen molar-refractivity contribution in [3.8, 4) is 6.07 Å². The number of H-pyrrole nitrogens is 1. The predicted molar refractivity (Wildman–Crippen MR) is 100 cm³/mol. The molecule has 1 aromatic heterocycles. The van der Waals surface area contributed by atoms with Crippen LogP contribution < -0.4 is 5.01 Å². The highest BCUT2D eigenvalue weighted by Crippen LogP contribution is 2.24. The first-order valence-corrected chi connectivity index (χ1v) is 8.46. The second-order valence-corrected chi connectivity index (χ2v) is 6.32. The summed E-state index contributed by atoms with van der Waals surface area (Å²) < 4.78 is 0. The van der Waals surface area contributed by atoms with E-state index in [1.54, 1.807) is 12.1 Å². The van der Waals surface area contributed by atoms with Crippen LogP contribution in [0.15, 0.2) is 53.6 Å². The standard InChI is InChI=1S/C20H17N5O/c1-13-10-11-25(24-13)15-8-6-14(7-9-15)19(26)16(12-21)20-22-17-4-2-3-5-18(17)23-20/h2-9,16H,10-11H2,1H3,(H,22,23)/t16-/m0/s1. The molecule has 6 heteroatoms. The van der Waals surface area contributed by atoms with Crippen LogP contribution in [0.2, 0.25) is 0 Å². The van der Waals surface area contributed by atoms with E-state index in [1.807, 2.05) is 48.3 Å². The number of Topliss-reactive ketones (excluding diaryl/α,β-unsaturated/α-hetero) is 1. The number of rotatable bonds is 4. The third-order valence-electron chi connectivity index (χ3n) is 4.50. The number of fused-ring (bicyclic) bond motifs is 1. The average molecular weight is 343 g/mol. The van der Waals surface area contributed by atoms with Gasteiger partial charge in [0.25, 0.3) is 0 Å². The molecule has 128 valence electrons. The molecule has 0 aliphatic carbocycles. The van der Waals surface area contributed by atoms with Crippen LogP contribution in [-0.4, -0.2) is 28.0 Å². The summed E-state index contributed by atoms with van der Waals surface area (Å²) in [6, 6.07) is 16.8. The Bertz CT molecular complexity index is 1010. The number of aromatic amines is 1. The number of carbonyl (C=O) groups excluding carboxylic acids is 1. The highest BCUT2D eigenvalue weighted by molar-refractivity contribution is 6.02. The number of hydrogen-bond acceptors (Lipinski definition) is 5. The van der Waals surface area contributed by atoms with E-state index in [1.165, 1.54) is 0 Å². The number of hydrogen-bond donors (Lipinski definition) is 1. The van der Waals surface area contributed by atoms with Gasteiger partial charge in [-0.1, -0.05) is 12.1 Å². The molecule has 0 bridgehead atoms. The maximum atomic E-state index is 12.8. The lowest BCUT2D eigenvalue weighted by atomic mass is 9.98. The average Bonchev–Trinajstić information content (AvgIpc) is 3.28. The topological polar surface area (TPSA) is 85.1 Å². The van der Waals surface area contributed by atoms with E-state index in [-0.39, 0.29) is 5.78 Å². The van der Waals surface area contributed by atoms with Crippen molar-refractivity contribution in [1.82, 2.24) is 9.97 Å². The predicted octanol–water partition coefficient (Wildman–Crippen LogP) is 3.64. The molecule has 26 heavy (non-hydrogen) atoms. The Kier molecular flexibility index (Phi) is 3.98. The second kappa shape index (κ2) is 6.45. The van der Waals surface area contributed by atoms with Crippen LogP contribution in [0.5, 0.6) is 0 Å². The molecule has 2 heterocycles. The first-order valence-electron chi connectivity index (χ1n) is 8.46. The third kappa shape index (κ3) is 2.84. The zero-order valence-electron chi connectivity index (χ0n) is 14.3. The number of imidazole rings is 1. The van der Waals surface area contributed by atoms with E-state index < -0.39 is 5.92 Å². The molecule has 0 fully saturated rings. The van der Waals surface area contributed by atoms with Gasteiger partial charge in [0, 0.05) is 24.2 Å². The van der Waals surface area contributed by atoms with E-state index in [2.05, 4.69) is 21.1 Å². The van der Waals surface area contributed by atoms with Gasteiger partial charge in [-0.2, -0.15) is 10.4 Å². The van der Waals surface area contributed by atoms with E-state index in [0.717, 1.165) is 35.4 Å². The Labute approximate surface area is 150 Å². The molecule has 0 amide bonds. The molecule has 3 aromatic rings. The number of nitrogens with one attached hydrogen (secondary N) is 1. The number of nitriles is 1. The van der Waals surface area contributed by atoms with Gasteiger partial charge in [-0.3, -0.25) is 9.80 Å². The Morgan fingerprint density at radius 3 is 2.65 bits per heavy atom. The zero-order valence-corrected chi connectivity index (χ0v) is 14.3. The Hall–Kier alpha value is -3.46. The molecule has 1 aliphatic heterocycles. The Morgan fingerprint density at radius 1 is 1.23 bits per heavy atom. The molecule has 0 saturated carbocycles. The molecule has 1 aliphatic rings. The molecule has 0 spiro atoms. The van der Waals surface area contributed by atoms with Gasteiger partial charge in [-0.25, -0.2) is 4.98 Å². The monoisotopic (exact) mass is 343 g/mol. The zero-order chi connectivity index (χ0) is 18.1. The molecule has 6 nitrogen and oxygen atoms in total. The van der Waals surface area contributed by atoms with Crippen molar-refractivity contribution in [3.63, 3.8) is 0 Å². The van der Waals surface area contributed by atoms with Gasteiger partial charge in [-0.15, -0.1) is 0 Å². The number of ketones is 1. The van der Waals surface area contributed by atoms with Crippen LogP contribution in [0, 0.1) is 11.3 Å². The van der Waals surface area contributed by atoms with Gasteiger partial charge in [0.1, 0.15) is 5.82 Å². The maximum Gasteiger partial charge on any atom is 0.187 e. The lowest BCUT2D eigenvalue weighted by molar-refractivity contribution is 0.0976. The van der Waals surface area contributed by atoms with Crippen LogP contribution in [0.3, 0.4) is 0 Å². The molecular weight excluding hydrogens is 326 g/mol. The van der Waals surface area contributed by atoms with Gasteiger partial charge in [-0.05, 0) is 43.3 Å². The number of carbonyl (C=O) groups is 1. The van der Waals surface area contributed by atoms with Crippen molar-refractivity contribution in [2.45, 2.75) is 19.3 Å². The summed E-state index contributed by atoms with van der Waals surface area (Å²) in [6.07, 6.45) is 0.948. The molecule has 0 unspecified atom stereocenters. The fraction of sp³-hybridized carbons (Fsp3) is 0.200. The summed E-state index contributed by atoms with van der Waals surface area (Å²) in [7, 11) is 0. The summed E-state index contributed by atoms with van der Waals surface area (Å²) in [5, 5.41) is 15.9. The third-order valence-corrected chi connectivity index (χ3v) is 4.50. The molecule has 4 rings (SSSR count). The van der Waals surface area contributed by atoms with Crippen LogP contribution in [0.4, 0.5) is 5.69 Å². The molecular formula is C20H17N5O. The number of hydrazone groups is 1. The Morgan fingerprint density at radius 2 is 2.00 bits per heavy atom. The molecule has 0 saturated heterocycles. The smallest absolute Gasteiger partial charge is 0.187 e. The first-order chi connectivity index (χ1) is 12.7. The summed E-state index contributed by atoms with van der Waals surface area (Å²) in [5.41, 5.74) is 4.08. The SMILES string of the molecule is CC1=NN(c2ccc(C(=O)[C@H](C#N)c3nc4ccccc4[nH]3)cc2)CC1. The van der Waals surface area contributed by atoms with Crippen molar-refractivity contribution >= 4 is 28.2 Å². The van der Waals surface area contributed by atoms with Crippen molar-refractivity contribution < 1.29 is 4.79 Å². The number of para-hydroxylation sites is 2. The number of anilines is 1. The molecule has 1 N–H and O–H groups in total. The summed E-state index contributed by atoms with van der Waals surface area (Å²) in [6.45, 7) is 2.85. The van der Waals surface area contributed by atoms with E-state index in [0.29, 0.717) is 11.4 Å². The molecule has 1 atom stereocenters. The van der Waals surface area contributed by atoms with Gasteiger partial charge in [0.15, 0.2) is 11.7 Å². The minimum absolute atomic E-state index is 0.265. The van der Waals surface area contributed by atoms with E-state index in [4.69, 9.17) is 0 Å². The van der Waals surface area contributed by atoms with Crippen LogP contribution in [-0.2, 0) is 0 Å². The van der Waals surface area contributed by atoms with Gasteiger partial charge in [0.05, 0.1) is 22.8 Å². The molecule has 2 aromatic carbocycles. The van der Waals surface area contributed by atoms with Gasteiger partial charge >= 0.3 is 0 Å². The summed E-state index contributed by atoms with van der Waals surface area (Å²) in [4.78, 5) is 20.3. The van der Waals surface area contributed by atoms with E-state index in [9.17, 15) is 10.1 Å². The second-order valence-electron chi connectivity index (χ2n) is 6.32. The van der Waals surface area contributed by atoms with Crippen molar-refractivity contribution in [1.29, 1.82) is 5.26 Å². The minimum Gasteiger partial charge on any atom is -0.340 e. The van der Waals surface area contributed by atoms with Gasteiger partial charge < -0.3 is 4.98 Å². The van der Waals surface area contributed by atoms with E-state index >= 15 is 0 Å². The summed E-state index contributed by atoms with van der Waals surface area (Å²) in [5.74, 6) is -0.845. The fourth-order valence-corrected chi connectivity index (χ4v) is 3.08. The highest BCUT2D eigenvalue weighted by atomic mass is 16.1. The van der Waals surface area contributed by atoms with Crippen molar-refractivity contribution in [2.75, 3.05) is 11.6 Å². The summed E-state index contributed by atoms with van der Waals surface area (Å²) >= 11 is 0. The van der Waals surface area contributed by atoms with Crippen molar-refractivity contribution in [3.05, 3.63) is 59.9 Å². The normalized spacial score (nSPS) is 14.9. The number of benzene rings is 2. The Balaban J connectivity index is 1.60. The van der Waals surface area contributed by atoms with Crippen LogP contribution >= 0.6 is 0 Å². The lowest BCUT2D eigenvalue weighted by Crippen LogP contribution is -2.14. The fourth-order valence-electron chi connectivity index (χ4n) is 3.08. The molecule has 0 radical (unpaired) electrons. The maximum absolute atomic E-state index is 12.8. The largest absolute Gasteiger partial charge is 0.340 e. The van der Waals surface area contributed by atoms with Crippen LogP contribution in [0.25, 0.3) is 11.0 Å². The van der Waals surface area contributed by atoms with Crippen LogP contribution in [0.1, 0.15) is 35.4 Å². The number of aromatic nitrogens is 2. The number of nitrogens with zero attached hydrogens (tertiary/aromatic N) is 4. The van der Waals surface area contributed by atoms with Gasteiger partial charge in [0.2, 0.25) is 0 Å². The quantitative estimate of drug-likeness (QED) is 0.733. The van der Waals surface area contributed by atoms with Crippen molar-refractivity contribution in [2.24, 2.45) is 5.10 Å². The highest BCUT2D eigenvalue weighted by Gasteiger charge is 2.25. The lowest BCUT2D eigenvalue weighted by Gasteiger charge is -2.14. The minimum atomic E-state index is -0.958. The first kappa shape index (κ1) is 16.0.